The van der Waals surface area contributed by atoms with Crippen LogP contribution in [0.4, 0.5) is 0 Å². The zero-order valence-electron chi connectivity index (χ0n) is 8.48. The standard InChI is InChI=1S/C11H18N2O/c12-6-2-7-13(10-4-5-10)9-11-3-1-8-14-11/h1,3,8,10H,2,4-7,9,12H2. The molecule has 1 fully saturated rings. The van der Waals surface area contributed by atoms with Gasteiger partial charge in [0.15, 0.2) is 0 Å². The normalized spacial score (nSPS) is 16.4. The van der Waals surface area contributed by atoms with Crippen molar-refractivity contribution in [1.29, 1.82) is 0 Å². The van der Waals surface area contributed by atoms with E-state index in [1.165, 1.54) is 12.8 Å². The minimum absolute atomic E-state index is 0.779. The SMILES string of the molecule is NCCCN(Cc1ccco1)C1CC1. The summed E-state index contributed by atoms with van der Waals surface area (Å²) in [4.78, 5) is 2.48. The van der Waals surface area contributed by atoms with E-state index in [9.17, 15) is 0 Å². The number of furan rings is 1. The van der Waals surface area contributed by atoms with Gasteiger partial charge in [0.2, 0.25) is 0 Å². The fraction of sp³-hybridized carbons (Fsp3) is 0.636. The van der Waals surface area contributed by atoms with Crippen molar-refractivity contribution in [3.63, 3.8) is 0 Å². The van der Waals surface area contributed by atoms with Gasteiger partial charge < -0.3 is 10.2 Å². The molecule has 78 valence electrons. The molecule has 1 saturated carbocycles. The van der Waals surface area contributed by atoms with Crippen LogP contribution in [-0.4, -0.2) is 24.0 Å². The fourth-order valence-corrected chi connectivity index (χ4v) is 1.73. The zero-order chi connectivity index (χ0) is 9.80. The topological polar surface area (TPSA) is 42.4 Å². The maximum atomic E-state index is 5.52. The monoisotopic (exact) mass is 194 g/mol. The van der Waals surface area contributed by atoms with Gasteiger partial charge in [-0.15, -0.1) is 0 Å². The zero-order valence-corrected chi connectivity index (χ0v) is 8.48. The summed E-state index contributed by atoms with van der Waals surface area (Å²) in [6.07, 6.45) is 5.50. The molecule has 0 unspecified atom stereocenters. The van der Waals surface area contributed by atoms with E-state index in [1.807, 2.05) is 12.1 Å². The van der Waals surface area contributed by atoms with Gasteiger partial charge in [-0.3, -0.25) is 4.90 Å². The van der Waals surface area contributed by atoms with Crippen molar-refractivity contribution in [2.24, 2.45) is 5.73 Å². The van der Waals surface area contributed by atoms with Gasteiger partial charge in [0.1, 0.15) is 5.76 Å². The van der Waals surface area contributed by atoms with E-state index in [0.29, 0.717) is 0 Å². The fourth-order valence-electron chi connectivity index (χ4n) is 1.73. The average molecular weight is 194 g/mol. The Morgan fingerprint density at radius 3 is 2.93 bits per heavy atom. The molecule has 1 aromatic rings. The van der Waals surface area contributed by atoms with Crippen LogP contribution in [0.1, 0.15) is 25.0 Å². The predicted octanol–water partition coefficient (Wildman–Crippen LogP) is 1.59. The molecule has 2 rings (SSSR count). The molecule has 1 aliphatic carbocycles. The first kappa shape index (κ1) is 9.74. The Hall–Kier alpha value is -0.800. The summed E-state index contributed by atoms with van der Waals surface area (Å²) in [7, 11) is 0. The smallest absolute Gasteiger partial charge is 0.117 e. The van der Waals surface area contributed by atoms with Crippen LogP contribution in [-0.2, 0) is 6.54 Å². The lowest BCUT2D eigenvalue weighted by Crippen LogP contribution is -2.27. The van der Waals surface area contributed by atoms with Crippen LogP contribution in [0.3, 0.4) is 0 Å². The molecule has 0 aliphatic heterocycles. The molecule has 0 spiro atoms. The number of rotatable bonds is 6. The van der Waals surface area contributed by atoms with Gasteiger partial charge in [0, 0.05) is 12.6 Å². The van der Waals surface area contributed by atoms with Crippen molar-refractivity contribution in [2.75, 3.05) is 13.1 Å². The van der Waals surface area contributed by atoms with Crippen molar-refractivity contribution >= 4 is 0 Å². The Balaban J connectivity index is 1.84. The molecule has 14 heavy (non-hydrogen) atoms. The largest absolute Gasteiger partial charge is 0.468 e. The minimum atomic E-state index is 0.779. The molecule has 3 heteroatoms. The van der Waals surface area contributed by atoms with Crippen LogP contribution >= 0.6 is 0 Å². The van der Waals surface area contributed by atoms with E-state index < -0.39 is 0 Å². The molecular formula is C11H18N2O. The van der Waals surface area contributed by atoms with Crippen LogP contribution in [0.15, 0.2) is 22.8 Å². The van der Waals surface area contributed by atoms with Crippen LogP contribution in [0.25, 0.3) is 0 Å². The van der Waals surface area contributed by atoms with Gasteiger partial charge in [-0.25, -0.2) is 0 Å². The molecule has 0 aromatic carbocycles. The predicted molar refractivity (Wildman–Crippen MR) is 55.8 cm³/mol. The highest BCUT2D eigenvalue weighted by Gasteiger charge is 2.28. The molecule has 1 aliphatic rings. The average Bonchev–Trinajstić information content (AvgIpc) is 2.92. The van der Waals surface area contributed by atoms with E-state index in [-0.39, 0.29) is 0 Å². The second-order valence-corrected chi connectivity index (χ2v) is 3.92. The van der Waals surface area contributed by atoms with Crippen molar-refractivity contribution in [2.45, 2.75) is 31.8 Å². The third kappa shape index (κ3) is 2.59. The van der Waals surface area contributed by atoms with Crippen LogP contribution in [0.5, 0.6) is 0 Å². The maximum absolute atomic E-state index is 5.52. The van der Waals surface area contributed by atoms with Crippen LogP contribution in [0, 0.1) is 0 Å². The Morgan fingerprint density at radius 1 is 1.50 bits per heavy atom. The van der Waals surface area contributed by atoms with Gasteiger partial charge in [-0.1, -0.05) is 0 Å². The summed E-state index contributed by atoms with van der Waals surface area (Å²) in [6, 6.07) is 4.77. The molecule has 0 saturated heterocycles. The van der Waals surface area contributed by atoms with Gasteiger partial charge >= 0.3 is 0 Å². The van der Waals surface area contributed by atoms with Crippen LogP contribution < -0.4 is 5.73 Å². The van der Waals surface area contributed by atoms with E-state index in [0.717, 1.165) is 37.9 Å². The molecule has 0 radical (unpaired) electrons. The van der Waals surface area contributed by atoms with Crippen LogP contribution in [0.2, 0.25) is 0 Å². The summed E-state index contributed by atoms with van der Waals surface area (Å²) in [6.45, 7) is 2.82. The lowest BCUT2D eigenvalue weighted by atomic mass is 10.3. The van der Waals surface area contributed by atoms with E-state index in [1.54, 1.807) is 6.26 Å². The second-order valence-electron chi connectivity index (χ2n) is 3.92. The minimum Gasteiger partial charge on any atom is -0.468 e. The summed E-state index contributed by atoms with van der Waals surface area (Å²) >= 11 is 0. The van der Waals surface area contributed by atoms with Crippen molar-refractivity contribution in [3.05, 3.63) is 24.2 Å². The van der Waals surface area contributed by atoms with E-state index in [4.69, 9.17) is 10.2 Å². The summed E-state index contributed by atoms with van der Waals surface area (Å²) in [5.41, 5.74) is 5.52. The highest BCUT2D eigenvalue weighted by Crippen LogP contribution is 2.28. The molecule has 3 nitrogen and oxygen atoms in total. The lowest BCUT2D eigenvalue weighted by molar-refractivity contribution is 0.232. The number of hydrogen-bond donors (Lipinski definition) is 1. The quantitative estimate of drug-likeness (QED) is 0.747. The molecule has 0 bridgehead atoms. The van der Waals surface area contributed by atoms with Crippen molar-refractivity contribution in [3.8, 4) is 0 Å². The first-order valence-electron chi connectivity index (χ1n) is 5.36. The summed E-state index contributed by atoms with van der Waals surface area (Å²) in [5, 5.41) is 0. The molecule has 2 N–H and O–H groups in total. The second kappa shape index (κ2) is 4.62. The number of nitrogens with zero attached hydrogens (tertiary/aromatic N) is 1. The number of nitrogens with two attached hydrogens (primary N) is 1. The molecule has 1 aromatic heterocycles. The highest BCUT2D eigenvalue weighted by molar-refractivity contribution is 4.99. The molecule has 0 atom stereocenters. The molecular weight excluding hydrogens is 176 g/mol. The molecule has 1 heterocycles. The Kier molecular flexibility index (Phi) is 3.22. The van der Waals surface area contributed by atoms with Gasteiger partial charge in [-0.2, -0.15) is 0 Å². The Labute approximate surface area is 84.9 Å². The van der Waals surface area contributed by atoms with Gasteiger partial charge in [-0.05, 0) is 37.9 Å². The van der Waals surface area contributed by atoms with Crippen molar-refractivity contribution < 1.29 is 4.42 Å². The number of hydrogen-bond acceptors (Lipinski definition) is 3. The van der Waals surface area contributed by atoms with Gasteiger partial charge in [0.05, 0.1) is 12.8 Å². The lowest BCUT2D eigenvalue weighted by Gasteiger charge is -2.20. The first-order valence-corrected chi connectivity index (χ1v) is 5.36. The third-order valence-electron chi connectivity index (χ3n) is 2.65. The Bertz CT molecular complexity index is 254. The van der Waals surface area contributed by atoms with E-state index >= 15 is 0 Å². The maximum Gasteiger partial charge on any atom is 0.117 e. The summed E-state index contributed by atoms with van der Waals surface area (Å²) < 4.78 is 5.35. The highest BCUT2D eigenvalue weighted by atomic mass is 16.3. The Morgan fingerprint density at radius 2 is 2.36 bits per heavy atom. The van der Waals surface area contributed by atoms with Gasteiger partial charge in [0.25, 0.3) is 0 Å². The van der Waals surface area contributed by atoms with Crippen molar-refractivity contribution in [1.82, 2.24) is 4.90 Å². The first-order chi connectivity index (χ1) is 6.90. The third-order valence-corrected chi connectivity index (χ3v) is 2.65. The summed E-state index contributed by atoms with van der Waals surface area (Å²) in [5.74, 6) is 1.06. The van der Waals surface area contributed by atoms with E-state index in [2.05, 4.69) is 4.90 Å². The molecule has 0 amide bonds.